The van der Waals surface area contributed by atoms with Gasteiger partial charge in [0.15, 0.2) is 0 Å². The van der Waals surface area contributed by atoms with Crippen LogP contribution in [0.1, 0.15) is 33.4 Å². The lowest BCUT2D eigenvalue weighted by atomic mass is 10.1. The summed E-state index contributed by atoms with van der Waals surface area (Å²) >= 11 is 0. The van der Waals surface area contributed by atoms with Crippen molar-refractivity contribution in [3.8, 4) is 0 Å². The zero-order valence-electron chi connectivity index (χ0n) is 28.5. The molecule has 0 N–H and O–H groups in total. The highest BCUT2D eigenvalue weighted by molar-refractivity contribution is 5.82. The van der Waals surface area contributed by atoms with E-state index in [1.54, 1.807) is 0 Å². The van der Waals surface area contributed by atoms with E-state index in [0.717, 1.165) is 45.3 Å². The Balaban J connectivity index is 1.21. The van der Waals surface area contributed by atoms with Gasteiger partial charge in [0, 0.05) is 34.1 Å². The maximum atomic E-state index is 2.33. The average Bonchev–Trinajstić information content (AvgIpc) is 3.16. The first-order chi connectivity index (χ1) is 24.6. The Kier molecular flexibility index (Phi) is 9.80. The summed E-state index contributed by atoms with van der Waals surface area (Å²) in [5.41, 5.74) is 13.8. The summed E-state index contributed by atoms with van der Waals surface area (Å²) in [5.74, 6) is 0. The van der Waals surface area contributed by atoms with E-state index in [9.17, 15) is 0 Å². The number of aryl methyl sites for hydroxylation is 2. The second-order valence-corrected chi connectivity index (χ2v) is 12.5. The maximum Gasteiger partial charge on any atom is 0.0464 e. The Morgan fingerprint density at radius 1 is 0.280 bits per heavy atom. The van der Waals surface area contributed by atoms with Gasteiger partial charge in [-0.05, 0) is 120 Å². The van der Waals surface area contributed by atoms with Crippen LogP contribution in [0.25, 0.3) is 24.3 Å². The Labute approximate surface area is 296 Å². The molecule has 0 unspecified atom stereocenters. The van der Waals surface area contributed by atoms with Crippen molar-refractivity contribution in [2.24, 2.45) is 0 Å². The number of nitrogens with zero attached hydrogens (tertiary/aromatic N) is 2. The van der Waals surface area contributed by atoms with Crippen LogP contribution in [0, 0.1) is 13.8 Å². The van der Waals surface area contributed by atoms with Gasteiger partial charge in [-0.1, -0.05) is 133 Å². The Morgan fingerprint density at radius 3 is 0.900 bits per heavy atom. The lowest BCUT2D eigenvalue weighted by Gasteiger charge is -2.28. The van der Waals surface area contributed by atoms with Crippen molar-refractivity contribution in [1.29, 1.82) is 0 Å². The van der Waals surface area contributed by atoms with E-state index in [0.29, 0.717) is 0 Å². The molecule has 0 radical (unpaired) electrons. The molecule has 2 heteroatoms. The van der Waals surface area contributed by atoms with E-state index in [1.807, 2.05) is 12.1 Å². The smallest absolute Gasteiger partial charge is 0.0464 e. The first-order valence-electron chi connectivity index (χ1n) is 17.1. The van der Waals surface area contributed by atoms with Crippen molar-refractivity contribution >= 4 is 58.4 Å². The van der Waals surface area contributed by atoms with Crippen LogP contribution in [0.5, 0.6) is 0 Å². The molecule has 0 atom stereocenters. The van der Waals surface area contributed by atoms with Gasteiger partial charge in [0.2, 0.25) is 0 Å². The van der Waals surface area contributed by atoms with Crippen LogP contribution in [-0.2, 0) is 0 Å². The molecule has 0 aliphatic rings. The highest BCUT2D eigenvalue weighted by atomic mass is 15.2. The van der Waals surface area contributed by atoms with Crippen LogP contribution < -0.4 is 9.80 Å². The highest BCUT2D eigenvalue weighted by Gasteiger charge is 2.16. The van der Waals surface area contributed by atoms with Gasteiger partial charge < -0.3 is 9.80 Å². The molecular formula is C48H40N2. The lowest BCUT2D eigenvalue weighted by molar-refractivity contribution is 1.24. The molecule has 242 valence electrons. The third-order valence-corrected chi connectivity index (χ3v) is 8.72. The molecule has 0 aliphatic carbocycles. The van der Waals surface area contributed by atoms with Crippen LogP contribution in [0.4, 0.5) is 34.1 Å². The number of hydrogen-bond donors (Lipinski definition) is 0. The molecule has 7 rings (SSSR count). The van der Waals surface area contributed by atoms with Crippen LogP contribution in [0.3, 0.4) is 0 Å². The summed E-state index contributed by atoms with van der Waals surface area (Å²) in [6, 6.07) is 64.6. The predicted octanol–water partition coefficient (Wildman–Crippen LogP) is 13.6. The van der Waals surface area contributed by atoms with E-state index in [-0.39, 0.29) is 0 Å². The largest absolute Gasteiger partial charge is 0.310 e. The molecule has 0 spiro atoms. The fraction of sp³-hybridized carbons (Fsp3) is 0.0417. The van der Waals surface area contributed by atoms with Gasteiger partial charge in [0.05, 0.1) is 0 Å². The first-order valence-corrected chi connectivity index (χ1v) is 17.1. The van der Waals surface area contributed by atoms with Gasteiger partial charge in [0.25, 0.3) is 0 Å². The van der Waals surface area contributed by atoms with Crippen LogP contribution >= 0.6 is 0 Å². The summed E-state index contributed by atoms with van der Waals surface area (Å²) in [5, 5.41) is 0. The van der Waals surface area contributed by atoms with Crippen LogP contribution in [0.15, 0.2) is 182 Å². The Hall–Kier alpha value is -6.38. The van der Waals surface area contributed by atoms with Crippen molar-refractivity contribution in [3.63, 3.8) is 0 Å². The molecular weight excluding hydrogens is 605 g/mol. The number of rotatable bonds is 10. The zero-order chi connectivity index (χ0) is 34.1. The maximum absolute atomic E-state index is 2.33. The van der Waals surface area contributed by atoms with Crippen molar-refractivity contribution in [2.75, 3.05) is 9.80 Å². The molecule has 0 amide bonds. The minimum Gasteiger partial charge on any atom is -0.310 e. The van der Waals surface area contributed by atoms with Gasteiger partial charge in [-0.15, -0.1) is 0 Å². The lowest BCUT2D eigenvalue weighted by Crippen LogP contribution is -2.12. The topological polar surface area (TPSA) is 6.48 Å². The van der Waals surface area contributed by atoms with E-state index in [1.165, 1.54) is 22.3 Å². The normalized spacial score (nSPS) is 11.2. The standard InChI is InChI=1S/C48H40N2/c1-37-11-9-17-47(35-37)49(43-27-23-41(24-28-43)21-19-39-13-5-3-6-14-39)45-31-33-46(34-32-45)50(48-18-10-12-38(2)36-48)44-29-25-42(26-30-44)22-20-40-15-7-4-8-16-40/h3-36H,1-2H3. The van der Waals surface area contributed by atoms with Crippen LogP contribution in [0.2, 0.25) is 0 Å². The molecule has 0 aliphatic heterocycles. The Morgan fingerprint density at radius 2 is 0.580 bits per heavy atom. The molecule has 0 heterocycles. The van der Waals surface area contributed by atoms with Gasteiger partial charge >= 0.3 is 0 Å². The quantitative estimate of drug-likeness (QED) is 0.137. The zero-order valence-corrected chi connectivity index (χ0v) is 28.5. The summed E-state index contributed by atoms with van der Waals surface area (Å²) in [4.78, 5) is 4.65. The van der Waals surface area contributed by atoms with E-state index >= 15 is 0 Å². The third kappa shape index (κ3) is 7.84. The second kappa shape index (κ2) is 15.2. The SMILES string of the molecule is Cc1cccc(N(c2ccc(C=Cc3ccccc3)cc2)c2ccc(N(c3ccc(C=Cc4ccccc4)cc3)c3cccc(C)c3)cc2)c1. The average molecular weight is 645 g/mol. The van der Waals surface area contributed by atoms with Crippen molar-refractivity contribution in [2.45, 2.75) is 13.8 Å². The highest BCUT2D eigenvalue weighted by Crippen LogP contribution is 2.39. The van der Waals surface area contributed by atoms with E-state index in [4.69, 9.17) is 0 Å². The summed E-state index contributed by atoms with van der Waals surface area (Å²) < 4.78 is 0. The van der Waals surface area contributed by atoms with Crippen LogP contribution in [-0.4, -0.2) is 0 Å². The molecule has 2 nitrogen and oxygen atoms in total. The monoisotopic (exact) mass is 644 g/mol. The molecule has 7 aromatic carbocycles. The molecule has 7 aromatic rings. The second-order valence-electron chi connectivity index (χ2n) is 12.5. The number of anilines is 6. The fourth-order valence-electron chi connectivity index (χ4n) is 6.16. The Bertz CT molecular complexity index is 2040. The number of benzene rings is 7. The summed E-state index contributed by atoms with van der Waals surface area (Å²) in [6.45, 7) is 4.29. The number of hydrogen-bond acceptors (Lipinski definition) is 2. The minimum absolute atomic E-state index is 1.09. The third-order valence-electron chi connectivity index (χ3n) is 8.72. The molecule has 0 bridgehead atoms. The van der Waals surface area contributed by atoms with Crippen molar-refractivity contribution in [3.05, 3.63) is 215 Å². The first kappa shape index (κ1) is 32.2. The van der Waals surface area contributed by atoms with Gasteiger partial charge in [0.1, 0.15) is 0 Å². The van der Waals surface area contributed by atoms with Gasteiger partial charge in [-0.25, -0.2) is 0 Å². The summed E-state index contributed by atoms with van der Waals surface area (Å²) in [7, 11) is 0. The summed E-state index contributed by atoms with van der Waals surface area (Å²) in [6.07, 6.45) is 8.63. The molecule has 0 aromatic heterocycles. The van der Waals surface area contributed by atoms with Gasteiger partial charge in [-0.2, -0.15) is 0 Å². The van der Waals surface area contributed by atoms with Crippen molar-refractivity contribution in [1.82, 2.24) is 0 Å². The fourth-order valence-corrected chi connectivity index (χ4v) is 6.16. The van der Waals surface area contributed by atoms with E-state index < -0.39 is 0 Å². The predicted molar refractivity (Wildman–Crippen MR) is 216 cm³/mol. The van der Waals surface area contributed by atoms with Gasteiger partial charge in [-0.3, -0.25) is 0 Å². The molecule has 0 fully saturated rings. The molecule has 0 saturated carbocycles. The minimum atomic E-state index is 1.09. The molecule has 0 saturated heterocycles. The molecule has 50 heavy (non-hydrogen) atoms. The van der Waals surface area contributed by atoms with E-state index in [2.05, 4.69) is 218 Å². The van der Waals surface area contributed by atoms with Crippen molar-refractivity contribution < 1.29 is 0 Å².